The van der Waals surface area contributed by atoms with Gasteiger partial charge in [0.1, 0.15) is 12.4 Å². The van der Waals surface area contributed by atoms with Gasteiger partial charge in [0.25, 0.3) is 5.91 Å². The molecule has 0 fully saturated rings. The number of alkyl halides is 3. The highest BCUT2D eigenvalue weighted by molar-refractivity contribution is 8.27. The Hall–Kier alpha value is -3.86. The molecule has 0 saturated heterocycles. The summed E-state index contributed by atoms with van der Waals surface area (Å²) in [5.41, 5.74) is 2.55. The lowest BCUT2D eigenvalue weighted by Crippen LogP contribution is -2.35. The number of hydrazone groups is 1. The van der Waals surface area contributed by atoms with E-state index >= 15 is 0 Å². The Morgan fingerprint density at radius 3 is 2.66 bits per heavy atom. The molecule has 2 aromatic carbocycles. The summed E-state index contributed by atoms with van der Waals surface area (Å²) < 4.78 is 47.5. The Bertz CT molecular complexity index is 1520. The first-order valence-electron chi connectivity index (χ1n) is 12.0. The Morgan fingerprint density at radius 1 is 1.16 bits per heavy atom. The highest BCUT2D eigenvalue weighted by Gasteiger charge is 2.46. The number of para-hydroxylation sites is 2. The summed E-state index contributed by atoms with van der Waals surface area (Å²) in [7, 11) is 0. The van der Waals surface area contributed by atoms with Crippen LogP contribution in [0.15, 0.2) is 70.4 Å². The maximum atomic E-state index is 13.1. The number of nitrogens with one attached hydrogen (secondary N) is 1. The van der Waals surface area contributed by atoms with Crippen molar-refractivity contribution >= 4 is 50.7 Å². The molecule has 1 amide bonds. The second-order valence-electron chi connectivity index (χ2n) is 8.91. The zero-order chi connectivity index (χ0) is 27.0. The molecule has 38 heavy (non-hydrogen) atoms. The van der Waals surface area contributed by atoms with Crippen LogP contribution < -0.4 is 4.74 Å². The van der Waals surface area contributed by atoms with Gasteiger partial charge in [-0.3, -0.25) is 10.2 Å². The lowest BCUT2D eigenvalue weighted by atomic mass is 9.98. The summed E-state index contributed by atoms with van der Waals surface area (Å²) >= 11 is 0.229. The molecule has 0 radical (unpaired) electrons. The molecule has 2 aliphatic rings. The summed E-state index contributed by atoms with van der Waals surface area (Å²) in [6.07, 6.45) is -0.375. The SMILES string of the molecule is CC[C@@H](C)c1ccccc1OCCn1cc(/C=C2/C(=N)N3N=C(C(F)(F)F)SC3=NC2=O)c2ccccc21. The van der Waals surface area contributed by atoms with E-state index in [1.807, 2.05) is 53.2 Å². The third kappa shape index (κ3) is 4.85. The average molecular weight is 540 g/mol. The molecule has 0 bridgehead atoms. The normalized spacial score (nSPS) is 17.6. The van der Waals surface area contributed by atoms with E-state index in [4.69, 9.17) is 10.1 Å². The van der Waals surface area contributed by atoms with Crippen molar-refractivity contribution in [3.8, 4) is 5.75 Å². The van der Waals surface area contributed by atoms with Gasteiger partial charge in [-0.2, -0.15) is 28.3 Å². The Morgan fingerprint density at radius 2 is 1.89 bits per heavy atom. The van der Waals surface area contributed by atoms with Crippen molar-refractivity contribution in [2.75, 3.05) is 6.61 Å². The number of aliphatic imine (C=N–C) groups is 1. The fraction of sp³-hybridized carbons (Fsp3) is 0.259. The van der Waals surface area contributed by atoms with Gasteiger partial charge < -0.3 is 9.30 Å². The van der Waals surface area contributed by atoms with Crippen molar-refractivity contribution < 1.29 is 22.7 Å². The molecule has 0 spiro atoms. The second-order valence-corrected chi connectivity index (χ2v) is 9.87. The summed E-state index contributed by atoms with van der Waals surface area (Å²) in [5, 5.41) is 12.0. The van der Waals surface area contributed by atoms with Gasteiger partial charge in [-0.25, -0.2) is 0 Å². The summed E-state index contributed by atoms with van der Waals surface area (Å²) in [4.78, 5) is 16.4. The molecule has 1 aromatic heterocycles. The number of rotatable bonds is 7. The standard InChI is InChI=1S/C27H24F3N5O2S/c1-3-16(2)18-8-5-7-11-22(18)37-13-12-34-15-17(19-9-4-6-10-21(19)34)14-20-23(31)35-26(32-24(20)36)38-25(33-35)27(28,29)30/h4-11,14-16,31H,3,12-13H2,1-2H3/b20-14-,31-23?/t16-/m1/s1. The maximum Gasteiger partial charge on any atom is 0.441 e. The van der Waals surface area contributed by atoms with Crippen LogP contribution in [0.25, 0.3) is 17.0 Å². The number of benzene rings is 2. The zero-order valence-electron chi connectivity index (χ0n) is 20.6. The molecular weight excluding hydrogens is 515 g/mol. The molecule has 3 aromatic rings. The smallest absolute Gasteiger partial charge is 0.441 e. The van der Waals surface area contributed by atoms with E-state index in [2.05, 4.69) is 30.0 Å². The van der Waals surface area contributed by atoms with Gasteiger partial charge in [-0.05, 0) is 47.9 Å². The van der Waals surface area contributed by atoms with Crippen LogP contribution in [0.3, 0.4) is 0 Å². The molecule has 0 aliphatic carbocycles. The van der Waals surface area contributed by atoms with E-state index in [1.54, 1.807) is 0 Å². The molecule has 0 saturated carbocycles. The summed E-state index contributed by atoms with van der Waals surface area (Å²) in [6, 6.07) is 15.6. The molecule has 7 nitrogen and oxygen atoms in total. The van der Waals surface area contributed by atoms with Gasteiger partial charge in [0, 0.05) is 22.7 Å². The lowest BCUT2D eigenvalue weighted by molar-refractivity contribution is -0.114. The number of aromatic nitrogens is 1. The molecule has 11 heteroatoms. The molecule has 1 atom stereocenters. The van der Waals surface area contributed by atoms with E-state index < -0.39 is 23.0 Å². The number of amides is 1. The first kappa shape index (κ1) is 25.8. The third-order valence-corrected chi connectivity index (χ3v) is 7.42. The van der Waals surface area contributed by atoms with Gasteiger partial charge in [0.2, 0.25) is 10.2 Å². The zero-order valence-corrected chi connectivity index (χ0v) is 21.4. The number of halogens is 3. The molecule has 5 rings (SSSR count). The van der Waals surface area contributed by atoms with Crippen LogP contribution >= 0.6 is 11.8 Å². The minimum atomic E-state index is -4.69. The number of ether oxygens (including phenoxy) is 1. The van der Waals surface area contributed by atoms with E-state index in [0.717, 1.165) is 33.6 Å². The molecule has 2 aliphatic heterocycles. The van der Waals surface area contributed by atoms with Crippen LogP contribution in [0.1, 0.15) is 37.3 Å². The van der Waals surface area contributed by atoms with Crippen molar-refractivity contribution in [1.29, 1.82) is 5.41 Å². The topological polar surface area (TPSA) is 83.0 Å². The van der Waals surface area contributed by atoms with E-state index in [0.29, 0.717) is 24.6 Å². The Labute approximate surface area is 221 Å². The van der Waals surface area contributed by atoms with Crippen LogP contribution in [0, 0.1) is 5.41 Å². The van der Waals surface area contributed by atoms with Crippen molar-refractivity contribution in [1.82, 2.24) is 9.58 Å². The molecule has 1 N–H and O–H groups in total. The van der Waals surface area contributed by atoms with Crippen molar-refractivity contribution in [2.24, 2.45) is 10.1 Å². The first-order valence-corrected chi connectivity index (χ1v) is 12.9. The predicted octanol–water partition coefficient (Wildman–Crippen LogP) is 6.42. The summed E-state index contributed by atoms with van der Waals surface area (Å²) in [6.45, 7) is 5.23. The van der Waals surface area contributed by atoms with Crippen molar-refractivity contribution in [3.05, 3.63) is 71.4 Å². The highest BCUT2D eigenvalue weighted by Crippen LogP contribution is 2.36. The average Bonchev–Trinajstić information content (AvgIpc) is 3.48. The molecular formula is C27H24F3N5O2S. The van der Waals surface area contributed by atoms with Crippen LogP contribution in [0.4, 0.5) is 13.2 Å². The molecule has 0 unspecified atom stereocenters. The first-order chi connectivity index (χ1) is 18.2. The minimum Gasteiger partial charge on any atom is -0.491 e. The number of hydrogen-bond acceptors (Lipinski definition) is 5. The number of thioether (sulfide) groups is 1. The van der Waals surface area contributed by atoms with Gasteiger partial charge in [0.05, 0.1) is 12.1 Å². The van der Waals surface area contributed by atoms with Crippen LogP contribution in [-0.2, 0) is 11.3 Å². The lowest BCUT2D eigenvalue weighted by Gasteiger charge is -2.20. The van der Waals surface area contributed by atoms with Crippen LogP contribution in [-0.4, -0.2) is 44.3 Å². The number of hydrogen-bond donors (Lipinski definition) is 1. The summed E-state index contributed by atoms with van der Waals surface area (Å²) in [5.74, 6) is -0.0190. The van der Waals surface area contributed by atoms with E-state index in [-0.39, 0.29) is 22.5 Å². The van der Waals surface area contributed by atoms with E-state index in [9.17, 15) is 18.0 Å². The minimum absolute atomic E-state index is 0.136. The second kappa shape index (κ2) is 10.1. The van der Waals surface area contributed by atoms with Crippen LogP contribution in [0.5, 0.6) is 5.75 Å². The van der Waals surface area contributed by atoms with Crippen molar-refractivity contribution in [3.63, 3.8) is 0 Å². The maximum absolute atomic E-state index is 13.1. The van der Waals surface area contributed by atoms with Crippen LogP contribution in [0.2, 0.25) is 0 Å². The predicted molar refractivity (Wildman–Crippen MR) is 144 cm³/mol. The molecule has 196 valence electrons. The van der Waals surface area contributed by atoms with Gasteiger partial charge in [-0.1, -0.05) is 50.2 Å². The number of carbonyl (C=O) groups excluding carboxylic acids is 1. The number of nitrogens with zero attached hydrogens (tertiary/aromatic N) is 4. The van der Waals surface area contributed by atoms with E-state index in [1.165, 1.54) is 6.08 Å². The third-order valence-electron chi connectivity index (χ3n) is 6.47. The van der Waals surface area contributed by atoms with Gasteiger partial charge in [-0.15, -0.1) is 0 Å². The quantitative estimate of drug-likeness (QED) is 0.352. The Kier molecular flexibility index (Phi) is 6.87. The fourth-order valence-electron chi connectivity index (χ4n) is 4.33. The Balaban J connectivity index is 1.41. The largest absolute Gasteiger partial charge is 0.491 e. The highest BCUT2D eigenvalue weighted by atomic mass is 32.2. The fourth-order valence-corrected chi connectivity index (χ4v) is 5.09. The molecule has 3 heterocycles. The number of fused-ring (bicyclic) bond motifs is 2. The number of carbonyl (C=O) groups is 1. The monoisotopic (exact) mass is 539 g/mol. The van der Waals surface area contributed by atoms with Gasteiger partial charge >= 0.3 is 6.18 Å². The van der Waals surface area contributed by atoms with Gasteiger partial charge in [0.15, 0.2) is 5.84 Å². The van der Waals surface area contributed by atoms with Crippen molar-refractivity contribution in [2.45, 2.75) is 38.9 Å². The number of amidine groups is 2.